The van der Waals surface area contributed by atoms with Crippen LogP contribution in [-0.4, -0.2) is 47.2 Å². The van der Waals surface area contributed by atoms with Crippen LogP contribution >= 0.6 is 0 Å². The highest BCUT2D eigenvalue weighted by molar-refractivity contribution is 6.02. The highest BCUT2D eigenvalue weighted by atomic mass is 16.6. The number of hydrogen-bond donors (Lipinski definition) is 2. The van der Waals surface area contributed by atoms with E-state index in [-0.39, 0.29) is 13.0 Å². The molecule has 1 fully saturated rings. The minimum atomic E-state index is -1.26. The summed E-state index contributed by atoms with van der Waals surface area (Å²) in [5.41, 5.74) is 5.18. The number of nitrogens with two attached hydrogens (primary N) is 1. The second-order valence-electron chi connectivity index (χ2n) is 2.77. The van der Waals surface area contributed by atoms with Crippen molar-refractivity contribution < 1.29 is 24.2 Å². The fraction of sp³-hybridized carbons (Fsp3) is 0.571. The Balaban J connectivity index is 2.65. The number of rotatable bonds is 4. The maximum atomic E-state index is 11.3. The maximum Gasteiger partial charge on any atom is 0.417 e. The van der Waals surface area contributed by atoms with E-state index in [1.54, 1.807) is 0 Å². The first-order chi connectivity index (χ1) is 6.56. The van der Waals surface area contributed by atoms with Gasteiger partial charge in [-0.2, -0.15) is 0 Å². The average Bonchev–Trinajstić information content (AvgIpc) is 2.33. The number of amides is 2. The molecule has 1 saturated heterocycles. The average molecular weight is 202 g/mol. The molecule has 2 amide bonds. The third-order valence-corrected chi connectivity index (χ3v) is 1.73. The smallest absolute Gasteiger partial charge is 0.417 e. The van der Waals surface area contributed by atoms with Crippen LogP contribution in [0, 0.1) is 0 Å². The molecular weight excluding hydrogens is 192 g/mol. The number of nitrogens with zero attached hydrogens (tertiary/aromatic N) is 1. The van der Waals surface area contributed by atoms with Crippen molar-refractivity contribution in [2.24, 2.45) is 5.73 Å². The third kappa shape index (κ3) is 1.99. The Morgan fingerprint density at radius 3 is 2.71 bits per heavy atom. The van der Waals surface area contributed by atoms with E-state index in [1.165, 1.54) is 0 Å². The summed E-state index contributed by atoms with van der Waals surface area (Å²) in [6.45, 7) is -0.469. The zero-order chi connectivity index (χ0) is 10.7. The lowest BCUT2D eigenvalue weighted by molar-refractivity contribution is -0.141. The van der Waals surface area contributed by atoms with Crippen LogP contribution in [-0.2, 0) is 14.3 Å². The van der Waals surface area contributed by atoms with Crippen molar-refractivity contribution in [2.75, 3.05) is 13.1 Å². The van der Waals surface area contributed by atoms with Crippen molar-refractivity contribution in [3.8, 4) is 0 Å². The highest BCUT2D eigenvalue weighted by Gasteiger charge is 2.40. The van der Waals surface area contributed by atoms with Gasteiger partial charge >= 0.3 is 12.1 Å². The molecule has 7 nitrogen and oxygen atoms in total. The summed E-state index contributed by atoms with van der Waals surface area (Å²) in [5, 5.41) is 8.40. The predicted octanol–water partition coefficient (Wildman–Crippen LogP) is -1.23. The van der Waals surface area contributed by atoms with Crippen LogP contribution < -0.4 is 5.73 Å². The van der Waals surface area contributed by atoms with E-state index in [9.17, 15) is 14.4 Å². The SMILES string of the molecule is NCCC1OC(=O)N(CC(=O)O)C1=O. The zero-order valence-electron chi connectivity index (χ0n) is 7.30. The van der Waals surface area contributed by atoms with Gasteiger partial charge in [0, 0.05) is 6.42 Å². The van der Waals surface area contributed by atoms with Crippen LogP contribution in [0.15, 0.2) is 0 Å². The topological polar surface area (TPSA) is 110 Å². The fourth-order valence-electron chi connectivity index (χ4n) is 1.11. The number of carbonyl (C=O) groups is 3. The summed E-state index contributed by atoms with van der Waals surface area (Å²) in [7, 11) is 0. The van der Waals surface area contributed by atoms with E-state index in [2.05, 4.69) is 4.74 Å². The number of aliphatic carboxylic acids is 1. The summed E-state index contributed by atoms with van der Waals surface area (Å²) in [4.78, 5) is 33.1. The first-order valence-corrected chi connectivity index (χ1v) is 4.00. The monoisotopic (exact) mass is 202 g/mol. The van der Waals surface area contributed by atoms with Gasteiger partial charge in [-0.15, -0.1) is 0 Å². The molecule has 1 aliphatic heterocycles. The highest BCUT2D eigenvalue weighted by Crippen LogP contribution is 2.14. The maximum absolute atomic E-state index is 11.3. The van der Waals surface area contributed by atoms with Gasteiger partial charge in [-0.3, -0.25) is 9.59 Å². The molecule has 1 heterocycles. The molecule has 0 bridgehead atoms. The van der Waals surface area contributed by atoms with Crippen molar-refractivity contribution in [1.82, 2.24) is 4.90 Å². The molecule has 1 atom stereocenters. The van der Waals surface area contributed by atoms with E-state index >= 15 is 0 Å². The standard InChI is InChI=1S/C7H10N2O5/c8-2-1-4-6(12)9(3-5(10)11)7(13)14-4/h4H,1-3,8H2,(H,10,11). The zero-order valence-corrected chi connectivity index (χ0v) is 7.30. The minimum absolute atomic E-state index is 0.199. The van der Waals surface area contributed by atoms with Crippen LogP contribution in [0.4, 0.5) is 4.79 Å². The molecule has 1 rings (SSSR count). The summed E-state index contributed by atoms with van der Waals surface area (Å²) in [6, 6.07) is 0. The first kappa shape index (κ1) is 10.5. The molecule has 3 N–H and O–H groups in total. The molecule has 14 heavy (non-hydrogen) atoms. The lowest BCUT2D eigenvalue weighted by Crippen LogP contribution is -2.36. The van der Waals surface area contributed by atoms with Crippen LogP contribution in [0.25, 0.3) is 0 Å². The van der Waals surface area contributed by atoms with Gasteiger partial charge in [0.1, 0.15) is 6.54 Å². The van der Waals surface area contributed by atoms with Gasteiger partial charge in [0.2, 0.25) is 0 Å². The largest absolute Gasteiger partial charge is 0.480 e. The van der Waals surface area contributed by atoms with E-state index in [1.807, 2.05) is 0 Å². The molecule has 0 saturated carbocycles. The number of ether oxygens (including phenoxy) is 1. The van der Waals surface area contributed by atoms with Gasteiger partial charge in [0.15, 0.2) is 6.10 Å². The van der Waals surface area contributed by atoms with E-state index in [0.717, 1.165) is 0 Å². The van der Waals surface area contributed by atoms with Crippen LogP contribution in [0.1, 0.15) is 6.42 Å². The fourth-order valence-corrected chi connectivity index (χ4v) is 1.11. The van der Waals surface area contributed by atoms with Crippen molar-refractivity contribution in [2.45, 2.75) is 12.5 Å². The molecule has 1 unspecified atom stereocenters. The minimum Gasteiger partial charge on any atom is -0.480 e. The Bertz CT molecular complexity index is 277. The lowest BCUT2D eigenvalue weighted by Gasteiger charge is -2.06. The molecule has 1 aliphatic rings. The summed E-state index contributed by atoms with van der Waals surface area (Å²) in [6.07, 6.45) is -1.64. The van der Waals surface area contributed by atoms with Crippen LogP contribution in [0.2, 0.25) is 0 Å². The Morgan fingerprint density at radius 1 is 1.57 bits per heavy atom. The van der Waals surface area contributed by atoms with Gasteiger partial charge in [0.25, 0.3) is 5.91 Å². The van der Waals surface area contributed by atoms with E-state index in [4.69, 9.17) is 10.8 Å². The summed E-state index contributed by atoms with van der Waals surface area (Å²) >= 11 is 0. The molecule has 0 aromatic rings. The number of cyclic esters (lactones) is 1. The molecule has 0 radical (unpaired) electrons. The van der Waals surface area contributed by atoms with Crippen LogP contribution in [0.5, 0.6) is 0 Å². The van der Waals surface area contributed by atoms with Gasteiger partial charge in [-0.25, -0.2) is 9.69 Å². The van der Waals surface area contributed by atoms with Gasteiger partial charge < -0.3 is 15.6 Å². The Hall–Kier alpha value is -1.63. The number of carbonyl (C=O) groups excluding carboxylic acids is 2. The van der Waals surface area contributed by atoms with Gasteiger partial charge in [-0.1, -0.05) is 0 Å². The predicted molar refractivity (Wildman–Crippen MR) is 43.3 cm³/mol. The Morgan fingerprint density at radius 2 is 2.21 bits per heavy atom. The number of hydrogen-bond acceptors (Lipinski definition) is 5. The molecule has 0 aliphatic carbocycles. The molecule has 7 heteroatoms. The summed E-state index contributed by atoms with van der Waals surface area (Å²) in [5.74, 6) is -1.90. The first-order valence-electron chi connectivity index (χ1n) is 4.00. The van der Waals surface area contributed by atoms with Crippen molar-refractivity contribution in [3.63, 3.8) is 0 Å². The number of carboxylic acid groups (broad SMARTS) is 1. The quantitative estimate of drug-likeness (QED) is 0.590. The summed E-state index contributed by atoms with van der Waals surface area (Å²) < 4.78 is 4.62. The van der Waals surface area contributed by atoms with Crippen LogP contribution in [0.3, 0.4) is 0 Å². The molecule has 78 valence electrons. The molecular formula is C7H10N2O5. The number of imide groups is 1. The van der Waals surface area contributed by atoms with E-state index in [0.29, 0.717) is 4.90 Å². The molecule has 0 aromatic heterocycles. The number of carboxylic acids is 1. The van der Waals surface area contributed by atoms with Crippen molar-refractivity contribution >= 4 is 18.0 Å². The molecule has 0 aromatic carbocycles. The van der Waals surface area contributed by atoms with Gasteiger partial charge in [-0.05, 0) is 6.54 Å². The van der Waals surface area contributed by atoms with E-state index < -0.39 is 30.6 Å². The van der Waals surface area contributed by atoms with Crippen molar-refractivity contribution in [3.05, 3.63) is 0 Å². The Kier molecular flexibility index (Phi) is 3.03. The lowest BCUT2D eigenvalue weighted by atomic mass is 10.2. The van der Waals surface area contributed by atoms with Crippen molar-refractivity contribution in [1.29, 1.82) is 0 Å². The van der Waals surface area contributed by atoms with Gasteiger partial charge in [0.05, 0.1) is 0 Å². The second-order valence-corrected chi connectivity index (χ2v) is 2.77. The third-order valence-electron chi connectivity index (χ3n) is 1.73. The normalized spacial score (nSPS) is 21.2. The second kappa shape index (κ2) is 4.05. The Labute approximate surface area is 79.4 Å². The molecule has 0 spiro atoms.